The van der Waals surface area contributed by atoms with Gasteiger partial charge < -0.3 is 9.47 Å². The maximum atomic E-state index is 12.2. The molecular formula is C21H18N2O3S2. The monoisotopic (exact) mass is 410 g/mol. The minimum Gasteiger partial charge on any atom is -0.490 e. The number of rotatable bonds is 6. The van der Waals surface area contributed by atoms with E-state index in [0.29, 0.717) is 32.9 Å². The van der Waals surface area contributed by atoms with Crippen LogP contribution in [0.3, 0.4) is 0 Å². The maximum Gasteiger partial charge on any atom is 0.265 e. The molecule has 1 aliphatic rings. The Labute approximate surface area is 173 Å². The lowest BCUT2D eigenvalue weighted by Gasteiger charge is -2.13. The molecule has 1 heterocycles. The Morgan fingerprint density at radius 3 is 2.68 bits per heavy atom. The maximum absolute atomic E-state index is 12.2. The summed E-state index contributed by atoms with van der Waals surface area (Å²) < 4.78 is 12.1. The molecule has 2 aromatic carbocycles. The topological polar surface area (TPSA) is 62.6 Å². The van der Waals surface area contributed by atoms with Gasteiger partial charge in [-0.3, -0.25) is 9.69 Å². The third-order valence-corrected chi connectivity index (χ3v) is 5.56. The second-order valence-electron chi connectivity index (χ2n) is 5.94. The molecule has 7 heteroatoms. The van der Waals surface area contributed by atoms with Crippen LogP contribution in [0.25, 0.3) is 6.08 Å². The predicted molar refractivity (Wildman–Crippen MR) is 114 cm³/mol. The molecule has 2 aromatic rings. The van der Waals surface area contributed by atoms with Crippen molar-refractivity contribution in [3.63, 3.8) is 0 Å². The number of nitriles is 1. The summed E-state index contributed by atoms with van der Waals surface area (Å²) in [7, 11) is 1.67. The molecular weight excluding hydrogens is 392 g/mol. The van der Waals surface area contributed by atoms with Gasteiger partial charge in [0.2, 0.25) is 0 Å². The Hall–Kier alpha value is -2.82. The van der Waals surface area contributed by atoms with Crippen molar-refractivity contribution < 1.29 is 14.3 Å². The lowest BCUT2D eigenvalue weighted by molar-refractivity contribution is -0.121. The first-order valence-corrected chi connectivity index (χ1v) is 9.85. The lowest BCUT2D eigenvalue weighted by Crippen LogP contribution is -2.22. The fourth-order valence-corrected chi connectivity index (χ4v) is 3.79. The standard InChI is InChI=1S/C21H18N2O3S2/c1-3-25-18-10-14(11-19-20(24)23(2)21(27)28-19)8-9-17(18)26-13-16-7-5-4-6-15(16)12-22/h4-11H,3,13H2,1-2H3/b19-11+. The zero-order chi connectivity index (χ0) is 20.1. The molecule has 1 aliphatic heterocycles. The number of thioether (sulfide) groups is 1. The summed E-state index contributed by atoms with van der Waals surface area (Å²) in [5.41, 5.74) is 2.21. The average molecular weight is 411 g/mol. The van der Waals surface area contributed by atoms with Crippen LogP contribution in [-0.4, -0.2) is 28.8 Å². The highest BCUT2D eigenvalue weighted by Crippen LogP contribution is 2.34. The van der Waals surface area contributed by atoms with Crippen LogP contribution < -0.4 is 9.47 Å². The lowest BCUT2D eigenvalue weighted by atomic mass is 10.1. The van der Waals surface area contributed by atoms with Crippen LogP contribution >= 0.6 is 24.0 Å². The van der Waals surface area contributed by atoms with E-state index in [2.05, 4.69) is 6.07 Å². The van der Waals surface area contributed by atoms with Crippen molar-refractivity contribution in [3.8, 4) is 17.6 Å². The van der Waals surface area contributed by atoms with Crippen molar-refractivity contribution in [3.05, 3.63) is 64.1 Å². The summed E-state index contributed by atoms with van der Waals surface area (Å²) in [6, 6.07) is 15.0. The zero-order valence-corrected chi connectivity index (χ0v) is 17.1. The molecule has 1 fully saturated rings. The molecule has 0 radical (unpaired) electrons. The Balaban J connectivity index is 1.83. The largest absolute Gasteiger partial charge is 0.490 e. The second kappa shape index (κ2) is 8.91. The van der Waals surface area contributed by atoms with E-state index in [9.17, 15) is 10.1 Å². The summed E-state index contributed by atoms with van der Waals surface area (Å²) in [6.07, 6.45) is 1.79. The molecule has 3 rings (SSSR count). The molecule has 142 valence electrons. The fraction of sp³-hybridized carbons (Fsp3) is 0.190. The molecule has 0 unspecified atom stereocenters. The van der Waals surface area contributed by atoms with E-state index in [4.69, 9.17) is 21.7 Å². The SMILES string of the molecule is CCOc1cc(/C=C2/SC(=S)N(C)C2=O)ccc1OCc1ccccc1C#N. The van der Waals surface area contributed by atoms with Gasteiger partial charge in [-0.05, 0) is 36.8 Å². The molecule has 28 heavy (non-hydrogen) atoms. The van der Waals surface area contributed by atoms with Crippen LogP contribution in [0.4, 0.5) is 0 Å². The van der Waals surface area contributed by atoms with Gasteiger partial charge in [0.15, 0.2) is 11.5 Å². The molecule has 0 spiro atoms. The molecule has 0 atom stereocenters. The van der Waals surface area contributed by atoms with Crippen molar-refractivity contribution in [1.82, 2.24) is 4.90 Å². The van der Waals surface area contributed by atoms with Crippen molar-refractivity contribution in [2.45, 2.75) is 13.5 Å². The summed E-state index contributed by atoms with van der Waals surface area (Å²) in [5, 5.41) is 9.21. The molecule has 0 N–H and O–H groups in total. The molecule has 0 bridgehead atoms. The number of amides is 1. The van der Waals surface area contributed by atoms with E-state index in [0.717, 1.165) is 11.1 Å². The first-order chi connectivity index (χ1) is 13.5. The number of hydrogen-bond acceptors (Lipinski definition) is 6. The molecule has 0 aliphatic carbocycles. The number of carbonyl (C=O) groups excluding carboxylic acids is 1. The fourth-order valence-electron chi connectivity index (χ4n) is 2.61. The van der Waals surface area contributed by atoms with E-state index in [1.54, 1.807) is 25.3 Å². The van der Waals surface area contributed by atoms with Gasteiger partial charge in [-0.25, -0.2) is 0 Å². The number of carbonyl (C=O) groups is 1. The highest BCUT2D eigenvalue weighted by Gasteiger charge is 2.28. The van der Waals surface area contributed by atoms with Crippen molar-refractivity contribution in [2.75, 3.05) is 13.7 Å². The van der Waals surface area contributed by atoms with Crippen molar-refractivity contribution in [1.29, 1.82) is 5.26 Å². The van der Waals surface area contributed by atoms with Crippen molar-refractivity contribution in [2.24, 2.45) is 0 Å². The van der Waals surface area contributed by atoms with E-state index in [-0.39, 0.29) is 12.5 Å². The summed E-state index contributed by atoms with van der Waals surface area (Å²) in [6.45, 7) is 2.63. The molecule has 1 amide bonds. The number of thiocarbonyl (C=S) groups is 1. The van der Waals surface area contributed by atoms with Gasteiger partial charge in [-0.1, -0.05) is 48.2 Å². The predicted octanol–water partition coefficient (Wildman–Crippen LogP) is 4.37. The Morgan fingerprint density at radius 2 is 2.00 bits per heavy atom. The van der Waals surface area contributed by atoms with E-state index in [1.807, 2.05) is 37.3 Å². The van der Waals surface area contributed by atoms with Crippen LogP contribution in [0.1, 0.15) is 23.6 Å². The molecule has 0 aromatic heterocycles. The van der Waals surface area contributed by atoms with Gasteiger partial charge in [-0.15, -0.1) is 0 Å². The van der Waals surface area contributed by atoms with Crippen molar-refractivity contribution >= 4 is 40.3 Å². The molecule has 1 saturated heterocycles. The third kappa shape index (κ3) is 4.35. The van der Waals surface area contributed by atoms with Gasteiger partial charge in [0.05, 0.1) is 23.1 Å². The second-order valence-corrected chi connectivity index (χ2v) is 7.61. The van der Waals surface area contributed by atoms with E-state index < -0.39 is 0 Å². The molecule has 5 nitrogen and oxygen atoms in total. The van der Waals surface area contributed by atoms with E-state index in [1.165, 1.54) is 16.7 Å². The van der Waals surface area contributed by atoms with Crippen LogP contribution in [0, 0.1) is 11.3 Å². The molecule has 0 saturated carbocycles. The number of nitrogens with zero attached hydrogens (tertiary/aromatic N) is 2. The van der Waals surface area contributed by atoms with Gasteiger partial charge in [0, 0.05) is 12.6 Å². The van der Waals surface area contributed by atoms with Gasteiger partial charge in [0.1, 0.15) is 10.9 Å². The summed E-state index contributed by atoms with van der Waals surface area (Å²) in [5.74, 6) is 1.05. The van der Waals surface area contributed by atoms with Gasteiger partial charge in [-0.2, -0.15) is 5.26 Å². The Morgan fingerprint density at radius 1 is 1.21 bits per heavy atom. The minimum atomic E-state index is -0.110. The summed E-state index contributed by atoms with van der Waals surface area (Å²) in [4.78, 5) is 14.2. The van der Waals surface area contributed by atoms with E-state index >= 15 is 0 Å². The Kier molecular flexibility index (Phi) is 6.34. The third-order valence-electron chi connectivity index (χ3n) is 4.07. The zero-order valence-electron chi connectivity index (χ0n) is 15.5. The van der Waals surface area contributed by atoms with Gasteiger partial charge in [0.25, 0.3) is 5.91 Å². The first kappa shape index (κ1) is 19.9. The number of ether oxygens (including phenoxy) is 2. The average Bonchev–Trinajstić information content (AvgIpc) is 2.94. The van der Waals surface area contributed by atoms with Gasteiger partial charge >= 0.3 is 0 Å². The highest BCUT2D eigenvalue weighted by molar-refractivity contribution is 8.26. The number of benzene rings is 2. The van der Waals surface area contributed by atoms with Crippen LogP contribution in [0.15, 0.2) is 47.4 Å². The van der Waals surface area contributed by atoms with Crippen LogP contribution in [-0.2, 0) is 11.4 Å². The Bertz CT molecular complexity index is 995. The van der Waals surface area contributed by atoms with Crippen LogP contribution in [0.2, 0.25) is 0 Å². The smallest absolute Gasteiger partial charge is 0.265 e. The quantitative estimate of drug-likeness (QED) is 0.521. The van der Waals surface area contributed by atoms with Crippen LogP contribution in [0.5, 0.6) is 11.5 Å². The number of likely N-dealkylation sites (N-methyl/N-ethyl adjacent to an activating group) is 1. The highest BCUT2D eigenvalue weighted by atomic mass is 32.2. The first-order valence-electron chi connectivity index (χ1n) is 8.62. The minimum absolute atomic E-state index is 0.110. The number of hydrogen-bond donors (Lipinski definition) is 0. The summed E-state index contributed by atoms with van der Waals surface area (Å²) >= 11 is 6.44. The normalized spacial score (nSPS) is 15.0.